The van der Waals surface area contributed by atoms with E-state index in [0.29, 0.717) is 0 Å². The van der Waals surface area contributed by atoms with Gasteiger partial charge in [0.05, 0.1) is 0 Å². The van der Waals surface area contributed by atoms with Crippen molar-refractivity contribution in [1.82, 2.24) is 0 Å². The SMILES string of the molecule is C#Cc1ccc(N2CCN(c3c(C)c(C)c4c(c3C)CC(C)O4)CC2)cc1. The molecular formula is C24H28N2O. The van der Waals surface area contributed by atoms with Crippen LogP contribution < -0.4 is 14.5 Å². The third-order valence-electron chi connectivity index (χ3n) is 6.15. The van der Waals surface area contributed by atoms with Gasteiger partial charge in [-0.25, -0.2) is 0 Å². The number of benzene rings is 2. The number of terminal acetylenes is 1. The summed E-state index contributed by atoms with van der Waals surface area (Å²) in [6.45, 7) is 13.0. The van der Waals surface area contributed by atoms with Crippen molar-refractivity contribution in [2.45, 2.75) is 40.2 Å². The van der Waals surface area contributed by atoms with Crippen molar-refractivity contribution >= 4 is 11.4 Å². The highest BCUT2D eigenvalue weighted by molar-refractivity contribution is 5.70. The Labute approximate surface area is 162 Å². The number of nitrogens with zero attached hydrogens (tertiary/aromatic N) is 2. The molecule has 27 heavy (non-hydrogen) atoms. The van der Waals surface area contributed by atoms with Gasteiger partial charge >= 0.3 is 0 Å². The maximum Gasteiger partial charge on any atom is 0.126 e. The fourth-order valence-corrected chi connectivity index (χ4v) is 4.54. The molecule has 1 saturated heterocycles. The summed E-state index contributed by atoms with van der Waals surface area (Å²) in [6.07, 6.45) is 6.78. The summed E-state index contributed by atoms with van der Waals surface area (Å²) < 4.78 is 6.09. The zero-order valence-corrected chi connectivity index (χ0v) is 16.8. The molecule has 0 amide bonds. The predicted octanol–water partition coefficient (Wildman–Crippen LogP) is 4.24. The number of fused-ring (bicyclic) bond motifs is 1. The van der Waals surface area contributed by atoms with E-state index in [1.165, 1.54) is 33.6 Å². The van der Waals surface area contributed by atoms with Crippen LogP contribution >= 0.6 is 0 Å². The molecule has 4 rings (SSSR count). The molecule has 0 bridgehead atoms. The average molecular weight is 361 g/mol. The minimum absolute atomic E-state index is 0.287. The van der Waals surface area contributed by atoms with Crippen molar-refractivity contribution in [2.24, 2.45) is 0 Å². The fraction of sp³-hybridized carbons (Fsp3) is 0.417. The Morgan fingerprint density at radius 1 is 0.926 bits per heavy atom. The van der Waals surface area contributed by atoms with Crippen LogP contribution in [-0.2, 0) is 6.42 Å². The Morgan fingerprint density at radius 2 is 1.56 bits per heavy atom. The maximum atomic E-state index is 6.09. The fourth-order valence-electron chi connectivity index (χ4n) is 4.54. The third kappa shape index (κ3) is 3.04. The molecule has 2 aliphatic heterocycles. The molecule has 3 heteroatoms. The Morgan fingerprint density at radius 3 is 2.19 bits per heavy atom. The van der Waals surface area contributed by atoms with Crippen LogP contribution in [-0.4, -0.2) is 32.3 Å². The highest BCUT2D eigenvalue weighted by Gasteiger charge is 2.29. The highest BCUT2D eigenvalue weighted by Crippen LogP contribution is 2.42. The van der Waals surface area contributed by atoms with Gasteiger partial charge < -0.3 is 14.5 Å². The van der Waals surface area contributed by atoms with Crippen molar-refractivity contribution in [3.63, 3.8) is 0 Å². The number of rotatable bonds is 2. The lowest BCUT2D eigenvalue weighted by Gasteiger charge is -2.39. The molecule has 2 aromatic rings. The molecule has 0 saturated carbocycles. The smallest absolute Gasteiger partial charge is 0.126 e. The van der Waals surface area contributed by atoms with Crippen LogP contribution in [0.25, 0.3) is 0 Å². The molecule has 1 fully saturated rings. The maximum absolute atomic E-state index is 6.09. The molecule has 0 aliphatic carbocycles. The first-order valence-electron chi connectivity index (χ1n) is 9.85. The number of piperazine rings is 1. The van der Waals surface area contributed by atoms with E-state index in [1.54, 1.807) is 0 Å². The topological polar surface area (TPSA) is 15.7 Å². The van der Waals surface area contributed by atoms with E-state index in [2.05, 4.69) is 55.5 Å². The van der Waals surface area contributed by atoms with E-state index < -0.39 is 0 Å². The second-order valence-corrected chi connectivity index (χ2v) is 7.83. The summed E-state index contributed by atoms with van der Waals surface area (Å²) in [5.41, 5.74) is 9.11. The van der Waals surface area contributed by atoms with Gasteiger partial charge in [-0.3, -0.25) is 0 Å². The lowest BCUT2D eigenvalue weighted by Crippen LogP contribution is -2.47. The summed E-state index contributed by atoms with van der Waals surface area (Å²) in [5.74, 6) is 3.82. The summed E-state index contributed by atoms with van der Waals surface area (Å²) in [6, 6.07) is 8.33. The third-order valence-corrected chi connectivity index (χ3v) is 6.15. The molecule has 0 N–H and O–H groups in total. The van der Waals surface area contributed by atoms with Crippen molar-refractivity contribution < 1.29 is 4.74 Å². The Balaban J connectivity index is 1.56. The molecule has 1 unspecified atom stereocenters. The molecule has 0 spiro atoms. The molecular weight excluding hydrogens is 332 g/mol. The monoisotopic (exact) mass is 360 g/mol. The van der Waals surface area contributed by atoms with E-state index in [4.69, 9.17) is 11.2 Å². The Hall–Kier alpha value is -2.60. The second-order valence-electron chi connectivity index (χ2n) is 7.83. The van der Waals surface area contributed by atoms with Gasteiger partial charge in [-0.15, -0.1) is 6.42 Å². The van der Waals surface area contributed by atoms with Gasteiger partial charge in [-0.05, 0) is 68.7 Å². The lowest BCUT2D eigenvalue weighted by molar-refractivity contribution is 0.253. The van der Waals surface area contributed by atoms with Crippen LogP contribution in [0.4, 0.5) is 11.4 Å². The Bertz CT molecular complexity index is 900. The summed E-state index contributed by atoms with van der Waals surface area (Å²) in [7, 11) is 0. The molecule has 2 heterocycles. The number of ether oxygens (including phenoxy) is 1. The molecule has 2 aromatic carbocycles. The number of anilines is 2. The van der Waals surface area contributed by atoms with Gasteiger partial charge in [0.1, 0.15) is 11.9 Å². The number of hydrogen-bond acceptors (Lipinski definition) is 3. The van der Waals surface area contributed by atoms with E-state index in [0.717, 1.165) is 43.9 Å². The summed E-state index contributed by atoms with van der Waals surface area (Å²) in [5, 5.41) is 0. The van der Waals surface area contributed by atoms with E-state index in [1.807, 2.05) is 12.1 Å². The average Bonchev–Trinajstić information content (AvgIpc) is 3.09. The van der Waals surface area contributed by atoms with Crippen molar-refractivity contribution in [1.29, 1.82) is 0 Å². The van der Waals surface area contributed by atoms with Crippen LogP contribution in [0.2, 0.25) is 0 Å². The zero-order valence-electron chi connectivity index (χ0n) is 16.8. The molecule has 0 radical (unpaired) electrons. The lowest BCUT2D eigenvalue weighted by atomic mass is 9.94. The predicted molar refractivity (Wildman–Crippen MR) is 113 cm³/mol. The Kier molecular flexibility index (Phi) is 4.52. The van der Waals surface area contributed by atoms with Crippen LogP contribution in [0.5, 0.6) is 5.75 Å². The minimum Gasteiger partial charge on any atom is -0.490 e. The standard InChI is InChI=1S/C24H28N2O/c1-6-20-7-9-21(10-8-20)25-11-13-26(14-12-25)23-17(3)18(4)24-22(19(23)5)15-16(2)27-24/h1,7-10,16H,11-15H2,2-5H3. The highest BCUT2D eigenvalue weighted by atomic mass is 16.5. The first-order valence-corrected chi connectivity index (χ1v) is 9.85. The van der Waals surface area contributed by atoms with Crippen LogP contribution in [0.1, 0.15) is 34.7 Å². The van der Waals surface area contributed by atoms with Gasteiger partial charge in [0, 0.05) is 55.1 Å². The van der Waals surface area contributed by atoms with Crippen molar-refractivity contribution in [3.05, 3.63) is 52.1 Å². The van der Waals surface area contributed by atoms with E-state index >= 15 is 0 Å². The molecule has 3 nitrogen and oxygen atoms in total. The van der Waals surface area contributed by atoms with Gasteiger partial charge in [-0.2, -0.15) is 0 Å². The second kappa shape index (κ2) is 6.85. The van der Waals surface area contributed by atoms with Crippen LogP contribution in [0.15, 0.2) is 24.3 Å². The van der Waals surface area contributed by atoms with E-state index in [-0.39, 0.29) is 6.10 Å². The van der Waals surface area contributed by atoms with Gasteiger partial charge in [0.15, 0.2) is 0 Å². The molecule has 140 valence electrons. The quantitative estimate of drug-likeness (QED) is 0.745. The van der Waals surface area contributed by atoms with Gasteiger partial charge in [-0.1, -0.05) is 5.92 Å². The molecule has 2 aliphatic rings. The van der Waals surface area contributed by atoms with Crippen LogP contribution in [0.3, 0.4) is 0 Å². The molecule has 0 aromatic heterocycles. The zero-order chi connectivity index (χ0) is 19.1. The largest absolute Gasteiger partial charge is 0.490 e. The van der Waals surface area contributed by atoms with Crippen molar-refractivity contribution in [3.8, 4) is 18.1 Å². The van der Waals surface area contributed by atoms with Crippen molar-refractivity contribution in [2.75, 3.05) is 36.0 Å². The van der Waals surface area contributed by atoms with Gasteiger partial charge in [0.2, 0.25) is 0 Å². The minimum atomic E-state index is 0.287. The first kappa shape index (κ1) is 17.8. The van der Waals surface area contributed by atoms with Gasteiger partial charge in [0.25, 0.3) is 0 Å². The van der Waals surface area contributed by atoms with Crippen LogP contribution in [0, 0.1) is 33.1 Å². The first-order chi connectivity index (χ1) is 13.0. The van der Waals surface area contributed by atoms with E-state index in [9.17, 15) is 0 Å². The summed E-state index contributed by atoms with van der Waals surface area (Å²) >= 11 is 0. The summed E-state index contributed by atoms with van der Waals surface area (Å²) in [4.78, 5) is 5.01. The normalized spacial score (nSPS) is 18.9. The molecule has 1 atom stereocenters. The number of hydrogen-bond donors (Lipinski definition) is 0.